The predicted octanol–water partition coefficient (Wildman–Crippen LogP) is 4.62. The van der Waals surface area contributed by atoms with E-state index in [1.165, 1.54) is 6.08 Å². The van der Waals surface area contributed by atoms with Gasteiger partial charge in [0.15, 0.2) is 6.10 Å². The minimum absolute atomic E-state index is 0.0488. The lowest BCUT2D eigenvalue weighted by molar-refractivity contribution is -0.210. The molecule has 0 aromatic carbocycles. The first-order chi connectivity index (χ1) is 18.5. The van der Waals surface area contributed by atoms with Gasteiger partial charge in [0.1, 0.15) is 18.1 Å². The number of esters is 4. The van der Waals surface area contributed by atoms with E-state index in [1.54, 1.807) is 52.4 Å². The molecule has 39 heavy (non-hydrogen) atoms. The summed E-state index contributed by atoms with van der Waals surface area (Å²) in [5.41, 5.74) is 0.213. The van der Waals surface area contributed by atoms with Crippen LogP contribution in [0.5, 0.6) is 0 Å². The lowest BCUT2D eigenvalue weighted by atomic mass is 9.43. The Hall–Kier alpha value is -3.36. The number of hydrogen-bond donors (Lipinski definition) is 0. The molecule has 4 aliphatic rings. The van der Waals surface area contributed by atoms with Gasteiger partial charge in [-0.25, -0.2) is 9.59 Å². The first-order valence-corrected chi connectivity index (χ1v) is 13.6. The minimum Gasteiger partial charge on any atom is -0.472 e. The van der Waals surface area contributed by atoms with Crippen LogP contribution in [0.2, 0.25) is 0 Å². The van der Waals surface area contributed by atoms with Crippen LogP contribution < -0.4 is 0 Å². The summed E-state index contributed by atoms with van der Waals surface area (Å²) in [4.78, 5) is 53.1. The fourth-order valence-corrected chi connectivity index (χ4v) is 7.44. The van der Waals surface area contributed by atoms with E-state index < -0.39 is 58.9 Å². The SMILES string of the molecule is C/C=C(/C)C(=O)O[C@H]1C[C@H]2[C@]3(CC[C@@H](C)[C@]24C[C@H](c2ccoc2)OC4=O)COC(=O)[C@@H]3[C@@H]1OC(=O)C=C(C)C. The number of carbonyl (C=O) groups is 4. The summed E-state index contributed by atoms with van der Waals surface area (Å²) in [6.45, 7) is 9.06. The fourth-order valence-electron chi connectivity index (χ4n) is 7.44. The molecule has 2 aliphatic carbocycles. The molecule has 3 heterocycles. The highest BCUT2D eigenvalue weighted by atomic mass is 16.6. The Labute approximate surface area is 227 Å². The van der Waals surface area contributed by atoms with E-state index in [0.717, 1.165) is 11.1 Å². The first kappa shape index (κ1) is 27.2. The predicted molar refractivity (Wildman–Crippen MR) is 137 cm³/mol. The number of allylic oxidation sites excluding steroid dienone is 2. The average molecular weight is 541 g/mol. The van der Waals surface area contributed by atoms with Gasteiger partial charge in [0.05, 0.1) is 24.5 Å². The van der Waals surface area contributed by atoms with E-state index in [-0.39, 0.29) is 24.9 Å². The van der Waals surface area contributed by atoms with Crippen LogP contribution in [0.4, 0.5) is 0 Å². The Morgan fingerprint density at radius 1 is 1.15 bits per heavy atom. The highest BCUT2D eigenvalue weighted by molar-refractivity contribution is 5.88. The van der Waals surface area contributed by atoms with E-state index in [2.05, 4.69) is 0 Å². The molecule has 0 amide bonds. The van der Waals surface area contributed by atoms with Crippen LogP contribution in [-0.2, 0) is 38.1 Å². The number of hydrogen-bond acceptors (Lipinski definition) is 9. The fraction of sp³-hybridized carbons (Fsp3) is 0.600. The summed E-state index contributed by atoms with van der Waals surface area (Å²) in [5, 5.41) is 0. The quantitative estimate of drug-likeness (QED) is 0.299. The monoisotopic (exact) mass is 540 g/mol. The Kier molecular flexibility index (Phi) is 6.97. The van der Waals surface area contributed by atoms with E-state index in [4.69, 9.17) is 23.4 Å². The second kappa shape index (κ2) is 9.99. The summed E-state index contributed by atoms with van der Waals surface area (Å²) in [7, 11) is 0. The molecule has 0 radical (unpaired) electrons. The van der Waals surface area contributed by atoms with Gasteiger partial charge in [-0.1, -0.05) is 18.6 Å². The number of rotatable bonds is 5. The molecule has 0 unspecified atom stereocenters. The zero-order valence-electron chi connectivity index (χ0n) is 23.1. The van der Waals surface area contributed by atoms with E-state index in [0.29, 0.717) is 24.8 Å². The maximum absolute atomic E-state index is 13.9. The molecular weight excluding hydrogens is 504 g/mol. The smallest absolute Gasteiger partial charge is 0.333 e. The van der Waals surface area contributed by atoms with Gasteiger partial charge in [-0.3, -0.25) is 9.59 Å². The first-order valence-electron chi connectivity index (χ1n) is 13.6. The van der Waals surface area contributed by atoms with Crippen LogP contribution in [0.15, 0.2) is 46.3 Å². The van der Waals surface area contributed by atoms with E-state index >= 15 is 0 Å². The van der Waals surface area contributed by atoms with Gasteiger partial charge in [0.2, 0.25) is 0 Å². The molecular formula is C30H36O9. The highest BCUT2D eigenvalue weighted by Crippen LogP contribution is 2.68. The second-order valence-corrected chi connectivity index (χ2v) is 11.8. The van der Waals surface area contributed by atoms with Gasteiger partial charge in [-0.15, -0.1) is 0 Å². The Balaban J connectivity index is 1.59. The highest BCUT2D eigenvalue weighted by Gasteiger charge is 2.74. The molecule has 210 valence electrons. The third-order valence-corrected chi connectivity index (χ3v) is 9.50. The third kappa shape index (κ3) is 4.30. The summed E-state index contributed by atoms with van der Waals surface area (Å²) >= 11 is 0. The maximum Gasteiger partial charge on any atom is 0.333 e. The van der Waals surface area contributed by atoms with Gasteiger partial charge in [-0.05, 0) is 64.9 Å². The molecule has 9 heteroatoms. The van der Waals surface area contributed by atoms with Crippen LogP contribution in [0.25, 0.3) is 0 Å². The molecule has 2 spiro atoms. The third-order valence-electron chi connectivity index (χ3n) is 9.50. The Morgan fingerprint density at radius 2 is 1.92 bits per heavy atom. The molecule has 0 bridgehead atoms. The lowest BCUT2D eigenvalue weighted by Gasteiger charge is -2.58. The Morgan fingerprint density at radius 3 is 2.59 bits per heavy atom. The summed E-state index contributed by atoms with van der Waals surface area (Å²) in [6.07, 6.45) is 5.58. The topological polar surface area (TPSA) is 118 Å². The standard InChI is InChI=1S/C30H36O9/c1-6-17(4)26(32)37-20-12-22-29(15-36-27(33)24(29)25(20)39-23(31)11-16(2)3)9-7-18(5)30(22)13-21(38-28(30)34)19-8-10-35-14-19/h6,8,10-11,14,18,20-22,24-25H,7,9,12-13,15H2,1-5H3/b17-6-/t18-,20+,21-,22+,24+,25-,29+,30-/m1/s1. The van der Waals surface area contributed by atoms with Crippen molar-refractivity contribution in [2.75, 3.05) is 6.61 Å². The molecule has 1 aromatic rings. The average Bonchev–Trinajstić information content (AvgIpc) is 3.61. The molecule has 2 saturated heterocycles. The maximum atomic E-state index is 13.9. The van der Waals surface area contributed by atoms with Gasteiger partial charge < -0.3 is 23.4 Å². The molecule has 1 aromatic heterocycles. The van der Waals surface area contributed by atoms with E-state index in [1.807, 2.05) is 6.92 Å². The molecule has 0 N–H and O–H groups in total. The van der Waals surface area contributed by atoms with E-state index in [9.17, 15) is 19.2 Å². The largest absolute Gasteiger partial charge is 0.472 e. The normalized spacial score (nSPS) is 37.4. The van der Waals surface area contributed by atoms with Gasteiger partial charge in [0.25, 0.3) is 0 Å². The molecule has 2 aliphatic heterocycles. The van der Waals surface area contributed by atoms with Gasteiger partial charge >= 0.3 is 23.9 Å². The van der Waals surface area contributed by atoms with Crippen molar-refractivity contribution in [3.05, 3.63) is 47.5 Å². The van der Waals surface area contributed by atoms with Crippen LogP contribution in [-0.4, -0.2) is 42.7 Å². The molecule has 5 rings (SSSR count). The van der Waals surface area contributed by atoms with Crippen LogP contribution in [0.1, 0.15) is 72.0 Å². The van der Waals surface area contributed by atoms with Crippen LogP contribution in [0.3, 0.4) is 0 Å². The molecule has 8 atom stereocenters. The minimum atomic E-state index is -1.04. The van der Waals surface area contributed by atoms with Crippen molar-refractivity contribution in [1.29, 1.82) is 0 Å². The molecule has 2 saturated carbocycles. The number of fused-ring (bicyclic) bond motifs is 1. The van der Waals surface area contributed by atoms with Crippen molar-refractivity contribution in [3.8, 4) is 0 Å². The zero-order chi connectivity index (χ0) is 28.1. The van der Waals surface area contributed by atoms with Crippen LogP contribution in [0, 0.1) is 28.6 Å². The zero-order valence-corrected chi connectivity index (χ0v) is 23.1. The number of carbonyl (C=O) groups excluding carboxylic acids is 4. The number of cyclic esters (lactones) is 2. The lowest BCUT2D eigenvalue weighted by Crippen LogP contribution is -2.64. The van der Waals surface area contributed by atoms with Crippen molar-refractivity contribution in [1.82, 2.24) is 0 Å². The molecule has 4 fully saturated rings. The van der Waals surface area contributed by atoms with Gasteiger partial charge in [0, 0.05) is 29.0 Å². The summed E-state index contributed by atoms with van der Waals surface area (Å²) in [5.74, 6) is -3.31. The van der Waals surface area contributed by atoms with Crippen molar-refractivity contribution in [2.24, 2.45) is 28.6 Å². The van der Waals surface area contributed by atoms with Crippen molar-refractivity contribution in [2.45, 2.75) is 78.6 Å². The van der Waals surface area contributed by atoms with Gasteiger partial charge in [-0.2, -0.15) is 0 Å². The summed E-state index contributed by atoms with van der Waals surface area (Å²) in [6, 6.07) is 1.79. The van der Waals surface area contributed by atoms with Crippen molar-refractivity contribution >= 4 is 23.9 Å². The molecule has 9 nitrogen and oxygen atoms in total. The second-order valence-electron chi connectivity index (χ2n) is 11.8. The number of furan rings is 1. The van der Waals surface area contributed by atoms with Crippen molar-refractivity contribution < 1.29 is 42.5 Å². The summed E-state index contributed by atoms with van der Waals surface area (Å²) < 4.78 is 28.8. The van der Waals surface area contributed by atoms with Crippen molar-refractivity contribution in [3.63, 3.8) is 0 Å². The number of ether oxygens (including phenoxy) is 4. The Bertz CT molecular complexity index is 1220. The van der Waals surface area contributed by atoms with Crippen LogP contribution >= 0.6 is 0 Å².